The molecular weight excluding hydrogens is 278 g/mol. The molecule has 0 atom stereocenters. The first-order valence-corrected chi connectivity index (χ1v) is 7.38. The van der Waals surface area contributed by atoms with E-state index in [1.165, 1.54) is 0 Å². The number of nitrogens with zero attached hydrogens (tertiary/aromatic N) is 2. The fourth-order valence-corrected chi connectivity index (χ4v) is 2.88. The maximum absolute atomic E-state index is 6.07. The number of nitrogens with two attached hydrogens (primary N) is 1. The normalized spacial score (nSPS) is 11.1. The third-order valence-corrected chi connectivity index (χ3v) is 3.99. The number of benzene rings is 2. The van der Waals surface area contributed by atoms with E-state index >= 15 is 0 Å². The Labute approximate surface area is 120 Å². The second-order valence-electron chi connectivity index (χ2n) is 4.11. The van der Waals surface area contributed by atoms with Crippen LogP contribution in [0.5, 0.6) is 0 Å². The molecule has 0 spiro atoms. The Morgan fingerprint density at radius 3 is 2.79 bits per heavy atom. The first-order valence-electron chi connectivity index (χ1n) is 5.77. The number of aromatic nitrogens is 2. The van der Waals surface area contributed by atoms with Gasteiger partial charge in [0.2, 0.25) is 5.95 Å². The second kappa shape index (κ2) is 4.79. The van der Waals surface area contributed by atoms with E-state index < -0.39 is 0 Å². The Kier molecular flexibility index (Phi) is 3.12. The van der Waals surface area contributed by atoms with Gasteiger partial charge in [-0.2, -0.15) is 0 Å². The van der Waals surface area contributed by atoms with Crippen molar-refractivity contribution < 1.29 is 0 Å². The van der Waals surface area contributed by atoms with Crippen LogP contribution in [-0.2, 0) is 0 Å². The molecule has 0 aliphatic carbocycles. The summed E-state index contributed by atoms with van der Waals surface area (Å²) in [5.41, 5.74) is 8.85. The van der Waals surface area contributed by atoms with Crippen LogP contribution in [0.3, 0.4) is 0 Å². The number of anilines is 1. The molecule has 0 bridgehead atoms. The van der Waals surface area contributed by atoms with Crippen LogP contribution in [-0.4, -0.2) is 15.8 Å². The Balaban J connectivity index is 2.35. The highest BCUT2D eigenvalue weighted by Gasteiger charge is 2.12. The van der Waals surface area contributed by atoms with Crippen LogP contribution in [0.4, 0.5) is 5.95 Å². The van der Waals surface area contributed by atoms with Crippen molar-refractivity contribution in [1.29, 1.82) is 0 Å². The molecule has 96 valence electrons. The Morgan fingerprint density at radius 2 is 2.00 bits per heavy atom. The maximum atomic E-state index is 6.07. The lowest BCUT2D eigenvalue weighted by atomic mass is 10.3. The molecule has 2 N–H and O–H groups in total. The fourth-order valence-electron chi connectivity index (χ4n) is 2.13. The third kappa shape index (κ3) is 2.07. The lowest BCUT2D eigenvalue weighted by Crippen LogP contribution is -2.01. The number of rotatable bonds is 2. The Morgan fingerprint density at radius 1 is 1.21 bits per heavy atom. The summed E-state index contributed by atoms with van der Waals surface area (Å²) in [5.74, 6) is 0.471. The van der Waals surface area contributed by atoms with Gasteiger partial charge < -0.3 is 5.73 Å². The van der Waals surface area contributed by atoms with Gasteiger partial charge in [0.15, 0.2) is 0 Å². The minimum Gasteiger partial charge on any atom is -0.369 e. The molecule has 19 heavy (non-hydrogen) atoms. The molecule has 3 rings (SSSR count). The van der Waals surface area contributed by atoms with Crippen LogP contribution in [0.15, 0.2) is 47.4 Å². The van der Waals surface area contributed by atoms with Crippen molar-refractivity contribution >= 4 is 40.3 Å². The quantitative estimate of drug-likeness (QED) is 0.726. The third-order valence-electron chi connectivity index (χ3n) is 2.97. The molecule has 0 saturated carbocycles. The summed E-state index contributed by atoms with van der Waals surface area (Å²) < 4.78 is 1.94. The maximum Gasteiger partial charge on any atom is 0.205 e. The highest BCUT2D eigenvalue weighted by molar-refractivity contribution is 7.98. The van der Waals surface area contributed by atoms with Gasteiger partial charge in [0.1, 0.15) is 0 Å². The first-order chi connectivity index (χ1) is 9.20. The average Bonchev–Trinajstić information content (AvgIpc) is 2.74. The number of fused-ring (bicyclic) bond motifs is 1. The molecule has 0 aliphatic rings. The van der Waals surface area contributed by atoms with Gasteiger partial charge in [-0.25, -0.2) is 4.98 Å². The van der Waals surface area contributed by atoms with Crippen molar-refractivity contribution in [2.24, 2.45) is 0 Å². The topological polar surface area (TPSA) is 43.8 Å². The van der Waals surface area contributed by atoms with Gasteiger partial charge in [0.25, 0.3) is 0 Å². The number of thioether (sulfide) groups is 1. The highest BCUT2D eigenvalue weighted by atomic mass is 35.5. The fraction of sp³-hybridized carbons (Fsp3) is 0.0714. The smallest absolute Gasteiger partial charge is 0.205 e. The number of para-hydroxylation sites is 1. The summed E-state index contributed by atoms with van der Waals surface area (Å²) in [6.07, 6.45) is 2.04. The minimum atomic E-state index is 0.471. The van der Waals surface area contributed by atoms with E-state index in [4.69, 9.17) is 17.3 Å². The summed E-state index contributed by atoms with van der Waals surface area (Å²) in [7, 11) is 0. The molecule has 0 amide bonds. The average molecular weight is 290 g/mol. The van der Waals surface area contributed by atoms with E-state index in [-0.39, 0.29) is 0 Å². The van der Waals surface area contributed by atoms with Crippen molar-refractivity contribution in [2.45, 2.75) is 4.90 Å². The Hall–Kier alpha value is -1.65. The molecule has 0 radical (unpaired) electrons. The molecule has 5 heteroatoms. The van der Waals surface area contributed by atoms with Crippen molar-refractivity contribution in [2.75, 3.05) is 12.0 Å². The van der Waals surface area contributed by atoms with Crippen LogP contribution in [0.2, 0.25) is 5.02 Å². The molecule has 0 fully saturated rings. The van der Waals surface area contributed by atoms with E-state index in [0.29, 0.717) is 11.0 Å². The zero-order valence-electron chi connectivity index (χ0n) is 10.3. The summed E-state index contributed by atoms with van der Waals surface area (Å²) in [4.78, 5) is 5.53. The van der Waals surface area contributed by atoms with Gasteiger partial charge in [-0.15, -0.1) is 11.8 Å². The summed E-state index contributed by atoms with van der Waals surface area (Å²) >= 11 is 7.75. The highest BCUT2D eigenvalue weighted by Crippen LogP contribution is 2.30. The Bertz CT molecular complexity index is 752. The van der Waals surface area contributed by atoms with E-state index in [0.717, 1.165) is 21.6 Å². The van der Waals surface area contributed by atoms with Gasteiger partial charge in [-0.3, -0.25) is 4.57 Å². The van der Waals surface area contributed by atoms with E-state index in [1.807, 2.05) is 47.2 Å². The van der Waals surface area contributed by atoms with Crippen molar-refractivity contribution in [3.8, 4) is 5.69 Å². The predicted molar refractivity (Wildman–Crippen MR) is 82.3 cm³/mol. The van der Waals surface area contributed by atoms with Gasteiger partial charge in [0, 0.05) is 9.92 Å². The minimum absolute atomic E-state index is 0.471. The van der Waals surface area contributed by atoms with Crippen LogP contribution >= 0.6 is 23.4 Å². The van der Waals surface area contributed by atoms with Crippen molar-refractivity contribution in [3.63, 3.8) is 0 Å². The molecule has 1 aromatic heterocycles. The van der Waals surface area contributed by atoms with E-state index in [9.17, 15) is 0 Å². The first kappa shape index (κ1) is 12.4. The van der Waals surface area contributed by atoms with E-state index in [2.05, 4.69) is 11.1 Å². The van der Waals surface area contributed by atoms with E-state index in [1.54, 1.807) is 11.8 Å². The van der Waals surface area contributed by atoms with Crippen LogP contribution in [0.1, 0.15) is 0 Å². The molecule has 2 aromatic carbocycles. The number of hydrogen-bond donors (Lipinski definition) is 1. The molecule has 0 unspecified atom stereocenters. The standard InChI is InChI=1S/C14H12ClN3S/c1-19-13-5-3-2-4-11(13)18-12-8-9(15)6-7-10(12)17-14(18)16/h2-8H,1H3,(H2,16,17). The van der Waals surface area contributed by atoms with Crippen LogP contribution in [0.25, 0.3) is 16.7 Å². The SMILES string of the molecule is CSc1ccccc1-n1c(N)nc2ccc(Cl)cc21. The van der Waals surface area contributed by atoms with Gasteiger partial charge in [-0.1, -0.05) is 23.7 Å². The molecular formula is C14H12ClN3S. The predicted octanol–water partition coefficient (Wildman–Crippen LogP) is 3.98. The molecule has 0 saturated heterocycles. The van der Waals surface area contributed by atoms with Crippen LogP contribution < -0.4 is 5.73 Å². The number of imidazole rings is 1. The number of hydrogen-bond acceptors (Lipinski definition) is 3. The summed E-state index contributed by atoms with van der Waals surface area (Å²) in [6.45, 7) is 0. The molecule has 1 heterocycles. The van der Waals surface area contributed by atoms with Gasteiger partial charge >= 0.3 is 0 Å². The lowest BCUT2D eigenvalue weighted by Gasteiger charge is -2.10. The summed E-state index contributed by atoms with van der Waals surface area (Å²) in [6, 6.07) is 13.7. The van der Waals surface area contributed by atoms with Gasteiger partial charge in [0.05, 0.1) is 16.7 Å². The summed E-state index contributed by atoms with van der Waals surface area (Å²) in [5, 5.41) is 0.676. The van der Waals surface area contributed by atoms with Gasteiger partial charge in [-0.05, 0) is 36.6 Å². The molecule has 3 nitrogen and oxygen atoms in total. The van der Waals surface area contributed by atoms with Crippen molar-refractivity contribution in [3.05, 3.63) is 47.5 Å². The van der Waals surface area contributed by atoms with Crippen LogP contribution in [0, 0.1) is 0 Å². The van der Waals surface area contributed by atoms with Crippen molar-refractivity contribution in [1.82, 2.24) is 9.55 Å². The largest absolute Gasteiger partial charge is 0.369 e. The molecule has 0 aliphatic heterocycles. The monoisotopic (exact) mass is 289 g/mol. The lowest BCUT2D eigenvalue weighted by molar-refractivity contribution is 1.07. The second-order valence-corrected chi connectivity index (χ2v) is 5.39. The number of nitrogen functional groups attached to an aromatic ring is 1. The zero-order chi connectivity index (χ0) is 13.4. The molecule has 3 aromatic rings. The zero-order valence-corrected chi connectivity index (χ0v) is 11.9. The number of halogens is 1.